The minimum atomic E-state index is -0.392. The summed E-state index contributed by atoms with van der Waals surface area (Å²) in [6.45, 7) is 0.329. The molecule has 1 heterocycles. The Kier molecular flexibility index (Phi) is 3.64. The molecule has 3 aromatic carbocycles. The van der Waals surface area contributed by atoms with Gasteiger partial charge in [0.05, 0.1) is 0 Å². The Morgan fingerprint density at radius 2 is 1.67 bits per heavy atom. The van der Waals surface area contributed by atoms with Crippen LogP contribution in [-0.4, -0.2) is 17.6 Å². The van der Waals surface area contributed by atoms with Gasteiger partial charge < -0.3 is 4.74 Å². The zero-order valence-corrected chi connectivity index (χ0v) is 13.0. The fraction of sp³-hybridized carbons (Fsp3) is 0.0952. The third-order valence-corrected chi connectivity index (χ3v) is 4.13. The van der Waals surface area contributed by atoms with Crippen molar-refractivity contribution in [3.63, 3.8) is 0 Å². The smallest absolute Gasteiger partial charge is 0.422 e. The van der Waals surface area contributed by atoms with Gasteiger partial charge >= 0.3 is 6.09 Å². The quantitative estimate of drug-likeness (QED) is 0.625. The Bertz CT molecular complexity index is 953. The number of hydrogen-bond acceptors (Lipinski definition) is 2. The van der Waals surface area contributed by atoms with Crippen molar-refractivity contribution in [2.45, 2.75) is 6.04 Å². The lowest BCUT2D eigenvalue weighted by molar-refractivity contribution is 0.167. The van der Waals surface area contributed by atoms with Gasteiger partial charge in [-0.25, -0.2) is 9.69 Å². The first kappa shape index (κ1) is 14.3. The van der Waals surface area contributed by atoms with Crippen LogP contribution in [0.15, 0.2) is 72.8 Å². The number of hydrogen-bond donors (Lipinski definition) is 0. The van der Waals surface area contributed by atoms with Crippen LogP contribution in [0.25, 0.3) is 10.8 Å². The van der Waals surface area contributed by atoms with Gasteiger partial charge in [-0.05, 0) is 34.4 Å². The Balaban J connectivity index is 1.65. The summed E-state index contributed by atoms with van der Waals surface area (Å²) in [6, 6.07) is 26.8. The van der Waals surface area contributed by atoms with Gasteiger partial charge in [-0.2, -0.15) is 0 Å². The molecule has 0 bridgehead atoms. The first-order chi connectivity index (χ1) is 11.8. The van der Waals surface area contributed by atoms with E-state index in [1.54, 1.807) is 0 Å². The van der Waals surface area contributed by atoms with Gasteiger partial charge in [0, 0.05) is 11.6 Å². The third-order valence-electron chi connectivity index (χ3n) is 4.13. The summed E-state index contributed by atoms with van der Waals surface area (Å²) in [7, 11) is 0. The van der Waals surface area contributed by atoms with E-state index >= 15 is 0 Å². The molecule has 3 aromatic rings. The normalized spacial score (nSPS) is 16.6. The fourth-order valence-corrected chi connectivity index (χ4v) is 2.86. The van der Waals surface area contributed by atoms with E-state index in [1.165, 1.54) is 10.3 Å². The number of ether oxygens (including phenoxy) is 1. The van der Waals surface area contributed by atoms with Gasteiger partial charge in [-0.1, -0.05) is 60.7 Å². The van der Waals surface area contributed by atoms with E-state index in [9.17, 15) is 4.79 Å². The number of nitrogens with zero attached hydrogens (tertiary/aromatic N) is 1. The summed E-state index contributed by atoms with van der Waals surface area (Å²) in [5.41, 5.74) is 1.90. The van der Waals surface area contributed by atoms with Crippen molar-refractivity contribution in [3.05, 3.63) is 83.9 Å². The summed E-state index contributed by atoms with van der Waals surface area (Å²) in [6.07, 6.45) is -0.392. The van der Waals surface area contributed by atoms with Crippen LogP contribution < -0.4 is 0 Å². The molecule has 0 N–H and O–H groups in total. The number of amides is 1. The van der Waals surface area contributed by atoms with Crippen LogP contribution in [0.5, 0.6) is 0 Å². The van der Waals surface area contributed by atoms with Gasteiger partial charge in [0.25, 0.3) is 0 Å². The van der Waals surface area contributed by atoms with E-state index in [1.807, 2.05) is 60.7 Å². The SMILES string of the molecule is O=C1OC[C@@H](c2ccccc2)N1C#Cc1ccc2ccccc2c1. The molecule has 0 aromatic heterocycles. The second-order valence-corrected chi connectivity index (χ2v) is 5.67. The largest absolute Gasteiger partial charge is 0.446 e. The van der Waals surface area contributed by atoms with Gasteiger partial charge in [0.1, 0.15) is 12.6 Å². The number of carbonyl (C=O) groups is 1. The summed E-state index contributed by atoms with van der Waals surface area (Å²) in [5, 5.41) is 2.30. The maximum absolute atomic E-state index is 12.0. The van der Waals surface area contributed by atoms with E-state index in [-0.39, 0.29) is 6.04 Å². The number of carbonyl (C=O) groups excluding carboxylic acids is 1. The zero-order valence-electron chi connectivity index (χ0n) is 13.0. The van der Waals surface area contributed by atoms with Crippen LogP contribution in [0.2, 0.25) is 0 Å². The lowest BCUT2D eigenvalue weighted by Gasteiger charge is -2.14. The molecule has 1 saturated heterocycles. The van der Waals surface area contributed by atoms with Crippen molar-refractivity contribution in [1.29, 1.82) is 0 Å². The van der Waals surface area contributed by atoms with Crippen molar-refractivity contribution in [2.24, 2.45) is 0 Å². The van der Waals surface area contributed by atoms with E-state index in [4.69, 9.17) is 4.74 Å². The summed E-state index contributed by atoms with van der Waals surface area (Å²) >= 11 is 0. The summed E-state index contributed by atoms with van der Waals surface area (Å²) < 4.78 is 5.18. The van der Waals surface area contributed by atoms with Crippen LogP contribution in [-0.2, 0) is 4.74 Å². The first-order valence-electron chi connectivity index (χ1n) is 7.83. The minimum Gasteiger partial charge on any atom is -0.446 e. The second-order valence-electron chi connectivity index (χ2n) is 5.67. The number of fused-ring (bicyclic) bond motifs is 1. The van der Waals surface area contributed by atoms with Crippen LogP contribution >= 0.6 is 0 Å². The van der Waals surface area contributed by atoms with Crippen molar-refractivity contribution in [1.82, 2.24) is 4.90 Å². The lowest BCUT2D eigenvalue weighted by Crippen LogP contribution is -2.22. The van der Waals surface area contributed by atoms with Gasteiger partial charge in [-0.15, -0.1) is 0 Å². The van der Waals surface area contributed by atoms with Gasteiger partial charge in [0.15, 0.2) is 0 Å². The van der Waals surface area contributed by atoms with E-state index < -0.39 is 6.09 Å². The molecule has 0 spiro atoms. The maximum atomic E-state index is 12.0. The highest BCUT2D eigenvalue weighted by molar-refractivity contribution is 5.83. The zero-order chi connectivity index (χ0) is 16.4. The van der Waals surface area contributed by atoms with Crippen LogP contribution in [0.3, 0.4) is 0 Å². The summed E-state index contributed by atoms with van der Waals surface area (Å²) in [5.74, 6) is 3.08. The topological polar surface area (TPSA) is 29.5 Å². The highest BCUT2D eigenvalue weighted by Gasteiger charge is 2.33. The van der Waals surface area contributed by atoms with Gasteiger partial charge in [-0.3, -0.25) is 0 Å². The predicted molar refractivity (Wildman–Crippen MR) is 93.2 cm³/mol. The molecule has 0 radical (unpaired) electrons. The minimum absolute atomic E-state index is 0.161. The average Bonchev–Trinajstić information content (AvgIpc) is 3.01. The average molecular weight is 313 g/mol. The molecule has 24 heavy (non-hydrogen) atoms. The highest BCUT2D eigenvalue weighted by Crippen LogP contribution is 2.26. The molecule has 3 nitrogen and oxygen atoms in total. The Hall–Kier alpha value is -3.25. The molecule has 116 valence electrons. The highest BCUT2D eigenvalue weighted by atomic mass is 16.6. The van der Waals surface area contributed by atoms with Gasteiger partial charge in [0.2, 0.25) is 0 Å². The Morgan fingerprint density at radius 1 is 0.917 bits per heavy atom. The number of benzene rings is 3. The van der Waals surface area contributed by atoms with Crippen molar-refractivity contribution in [2.75, 3.05) is 6.61 Å². The Labute approximate surface area is 140 Å². The molecule has 3 heteroatoms. The van der Waals surface area contributed by atoms with Crippen LogP contribution in [0.4, 0.5) is 4.79 Å². The van der Waals surface area contributed by atoms with E-state index in [0.717, 1.165) is 16.5 Å². The fourth-order valence-electron chi connectivity index (χ4n) is 2.86. The monoisotopic (exact) mass is 313 g/mol. The van der Waals surface area contributed by atoms with E-state index in [0.29, 0.717) is 6.61 Å². The number of cyclic esters (lactones) is 1. The molecule has 0 unspecified atom stereocenters. The molecule has 1 amide bonds. The predicted octanol–water partition coefficient (Wildman–Crippen LogP) is 4.34. The Morgan fingerprint density at radius 3 is 2.50 bits per heavy atom. The molecule has 1 aliphatic rings. The second kappa shape index (κ2) is 6.10. The maximum Gasteiger partial charge on any atom is 0.422 e. The number of rotatable bonds is 1. The standard InChI is InChI=1S/C21H15NO2/c23-21-22(20(15-24-21)18-7-2-1-3-8-18)13-12-16-10-11-17-6-4-5-9-19(17)14-16/h1-11,14,20H,15H2/t20-/m0/s1. The summed E-state index contributed by atoms with van der Waals surface area (Å²) in [4.78, 5) is 13.5. The molecule has 0 saturated carbocycles. The molecule has 4 rings (SSSR count). The molecule has 0 aliphatic carbocycles. The third kappa shape index (κ3) is 2.70. The van der Waals surface area contributed by atoms with Crippen LogP contribution in [0, 0.1) is 12.0 Å². The molecule has 1 aliphatic heterocycles. The van der Waals surface area contributed by atoms with Crippen molar-refractivity contribution >= 4 is 16.9 Å². The van der Waals surface area contributed by atoms with Crippen molar-refractivity contribution in [3.8, 4) is 12.0 Å². The molecular weight excluding hydrogens is 298 g/mol. The lowest BCUT2D eigenvalue weighted by atomic mass is 10.1. The van der Waals surface area contributed by atoms with Crippen LogP contribution in [0.1, 0.15) is 17.2 Å². The molecule has 1 fully saturated rings. The van der Waals surface area contributed by atoms with Crippen molar-refractivity contribution < 1.29 is 9.53 Å². The molecular formula is C21H15NO2. The first-order valence-corrected chi connectivity index (χ1v) is 7.83. The molecule has 1 atom stereocenters. The van der Waals surface area contributed by atoms with E-state index in [2.05, 4.69) is 24.1 Å².